The van der Waals surface area contributed by atoms with Gasteiger partial charge in [0.05, 0.1) is 5.71 Å². The number of unbranched alkanes of at least 4 members (excludes halogenated alkanes) is 1. The van der Waals surface area contributed by atoms with Crippen molar-refractivity contribution in [2.45, 2.75) is 38.1 Å². The number of nitrogens with zero attached hydrogens (tertiary/aromatic N) is 3. The Hall–Kier alpha value is -2.74. The summed E-state index contributed by atoms with van der Waals surface area (Å²) in [6, 6.07) is 5.51. The average molecular weight is 443 g/mol. The molecule has 8 heteroatoms. The number of carbonyl (C=O) groups is 2. The van der Waals surface area contributed by atoms with Gasteiger partial charge < -0.3 is 20.3 Å². The van der Waals surface area contributed by atoms with Gasteiger partial charge in [-0.1, -0.05) is 11.2 Å². The van der Waals surface area contributed by atoms with Gasteiger partial charge in [-0.3, -0.25) is 9.59 Å². The Morgan fingerprint density at radius 1 is 1.16 bits per heavy atom. The fourth-order valence-corrected chi connectivity index (χ4v) is 5.03. The van der Waals surface area contributed by atoms with Crippen LogP contribution in [-0.4, -0.2) is 71.2 Å². The number of oxime groups is 1. The minimum absolute atomic E-state index is 0.00783. The number of hydrogen-bond acceptors (Lipinski definition) is 6. The van der Waals surface area contributed by atoms with Gasteiger partial charge in [0.25, 0.3) is 0 Å². The zero-order valence-electron chi connectivity index (χ0n) is 18.3. The van der Waals surface area contributed by atoms with Crippen molar-refractivity contribution in [3.05, 3.63) is 47.9 Å². The third kappa shape index (κ3) is 5.01. The van der Waals surface area contributed by atoms with E-state index in [-0.39, 0.29) is 35.4 Å². The van der Waals surface area contributed by atoms with Gasteiger partial charge in [0.1, 0.15) is 11.9 Å². The number of piperidine rings is 1. The third-order valence-corrected chi connectivity index (χ3v) is 6.87. The normalized spacial score (nSPS) is 25.6. The van der Waals surface area contributed by atoms with Crippen LogP contribution in [0.3, 0.4) is 0 Å². The van der Waals surface area contributed by atoms with E-state index in [1.54, 1.807) is 12.1 Å². The summed E-state index contributed by atoms with van der Waals surface area (Å²) in [5.41, 5.74) is 1.25. The van der Waals surface area contributed by atoms with E-state index < -0.39 is 0 Å². The van der Waals surface area contributed by atoms with Crippen LogP contribution < -0.4 is 5.32 Å². The van der Waals surface area contributed by atoms with Gasteiger partial charge in [-0.2, -0.15) is 0 Å². The molecule has 1 amide bonds. The molecule has 2 saturated heterocycles. The summed E-state index contributed by atoms with van der Waals surface area (Å²) in [5.74, 6) is -0.350. The molecule has 7 nitrogen and oxygen atoms in total. The molecule has 1 aromatic rings. The molecule has 4 rings (SSSR count). The van der Waals surface area contributed by atoms with Crippen LogP contribution >= 0.6 is 0 Å². The van der Waals surface area contributed by atoms with Crippen LogP contribution in [0.5, 0.6) is 0 Å². The first-order chi connectivity index (χ1) is 15.6. The molecule has 3 aliphatic rings. The second-order valence-corrected chi connectivity index (χ2v) is 8.88. The van der Waals surface area contributed by atoms with Gasteiger partial charge >= 0.3 is 0 Å². The minimum Gasteiger partial charge on any atom is -0.411 e. The number of hydrogen-bond donors (Lipinski definition) is 2. The molecule has 0 aliphatic carbocycles. The van der Waals surface area contributed by atoms with Gasteiger partial charge in [-0.15, -0.1) is 0 Å². The molecular weight excluding hydrogens is 411 g/mol. The van der Waals surface area contributed by atoms with Gasteiger partial charge in [0.2, 0.25) is 5.91 Å². The van der Waals surface area contributed by atoms with Crippen molar-refractivity contribution in [3.8, 4) is 0 Å². The molecule has 2 unspecified atom stereocenters. The van der Waals surface area contributed by atoms with Crippen LogP contribution in [0.4, 0.5) is 4.39 Å². The van der Waals surface area contributed by atoms with E-state index in [1.807, 2.05) is 12.3 Å². The lowest BCUT2D eigenvalue weighted by atomic mass is 9.89. The Balaban J connectivity index is 1.19. The lowest BCUT2D eigenvalue weighted by molar-refractivity contribution is -0.125. The smallest absolute Gasteiger partial charge is 0.243 e. The summed E-state index contributed by atoms with van der Waals surface area (Å²) in [6.07, 6.45) is 8.13. The van der Waals surface area contributed by atoms with Crippen LogP contribution in [0.25, 0.3) is 0 Å². The maximum atomic E-state index is 13.1. The SMILES string of the molecule is O=C(c1ccc(F)cc1)C1CCN(CCCCN2C=CC3/C(=N\O)CCNC(=O)C32)CC1. The third-order valence-electron chi connectivity index (χ3n) is 6.87. The van der Waals surface area contributed by atoms with E-state index >= 15 is 0 Å². The fraction of sp³-hybridized carbons (Fsp3) is 0.542. The van der Waals surface area contributed by atoms with Crippen LogP contribution in [-0.2, 0) is 4.79 Å². The molecule has 32 heavy (non-hydrogen) atoms. The van der Waals surface area contributed by atoms with Crippen molar-refractivity contribution in [3.63, 3.8) is 0 Å². The molecule has 3 aliphatic heterocycles. The molecule has 2 atom stereocenters. The van der Waals surface area contributed by atoms with E-state index in [0.29, 0.717) is 24.2 Å². The predicted octanol–water partition coefficient (Wildman–Crippen LogP) is 2.66. The molecule has 172 valence electrons. The maximum absolute atomic E-state index is 13.1. The van der Waals surface area contributed by atoms with Gasteiger partial charge in [0, 0.05) is 36.9 Å². The molecule has 0 aromatic heterocycles. The molecular formula is C24H31FN4O3. The van der Waals surface area contributed by atoms with Crippen LogP contribution in [0.15, 0.2) is 41.7 Å². The highest BCUT2D eigenvalue weighted by Gasteiger charge is 2.39. The van der Waals surface area contributed by atoms with Crippen LogP contribution in [0.2, 0.25) is 0 Å². The Morgan fingerprint density at radius 3 is 2.59 bits per heavy atom. The minimum atomic E-state index is -0.323. The van der Waals surface area contributed by atoms with E-state index in [2.05, 4.69) is 20.3 Å². The topological polar surface area (TPSA) is 85.2 Å². The maximum Gasteiger partial charge on any atom is 0.243 e. The van der Waals surface area contributed by atoms with Crippen molar-refractivity contribution in [2.24, 2.45) is 17.0 Å². The van der Waals surface area contributed by atoms with Gasteiger partial charge in [-0.05, 0) is 75.8 Å². The first-order valence-corrected chi connectivity index (χ1v) is 11.5. The molecule has 2 N–H and O–H groups in total. The number of likely N-dealkylation sites (tertiary alicyclic amines) is 1. The number of halogens is 1. The van der Waals surface area contributed by atoms with Crippen molar-refractivity contribution >= 4 is 17.4 Å². The second-order valence-electron chi connectivity index (χ2n) is 8.88. The number of Topliss-reactive ketones (excluding diaryl/α,β-unsaturated/α-hetero) is 1. The highest BCUT2D eigenvalue weighted by Crippen LogP contribution is 2.27. The van der Waals surface area contributed by atoms with E-state index in [9.17, 15) is 19.2 Å². The molecule has 0 radical (unpaired) electrons. The van der Waals surface area contributed by atoms with Gasteiger partial charge in [-0.25, -0.2) is 4.39 Å². The monoisotopic (exact) mass is 442 g/mol. The predicted molar refractivity (Wildman–Crippen MR) is 119 cm³/mol. The largest absolute Gasteiger partial charge is 0.411 e. The lowest BCUT2D eigenvalue weighted by Gasteiger charge is -2.31. The van der Waals surface area contributed by atoms with Crippen molar-refractivity contribution in [1.29, 1.82) is 0 Å². The zero-order chi connectivity index (χ0) is 22.5. The van der Waals surface area contributed by atoms with Crippen molar-refractivity contribution < 1.29 is 19.2 Å². The standard InChI is InChI=1S/C24H31FN4O3/c25-19-5-3-17(4-6-19)23(30)18-8-14-28(15-9-18)12-1-2-13-29-16-10-20-21(27-32)7-11-26-24(31)22(20)29/h3-6,10,16,18,20,22,32H,1-2,7-9,11-15H2,(H,26,31)/b27-21-. The average Bonchev–Trinajstić information content (AvgIpc) is 3.16. The number of nitrogens with one attached hydrogen (secondary N) is 1. The molecule has 0 bridgehead atoms. The number of carbonyl (C=O) groups excluding carboxylic acids is 2. The Morgan fingerprint density at radius 2 is 1.88 bits per heavy atom. The second kappa shape index (κ2) is 10.3. The summed E-state index contributed by atoms with van der Waals surface area (Å²) < 4.78 is 13.1. The summed E-state index contributed by atoms with van der Waals surface area (Å²) in [4.78, 5) is 29.5. The Bertz CT molecular complexity index is 878. The molecule has 0 saturated carbocycles. The van der Waals surface area contributed by atoms with Gasteiger partial charge in [0.15, 0.2) is 5.78 Å². The zero-order valence-corrected chi connectivity index (χ0v) is 18.3. The molecule has 2 fully saturated rings. The van der Waals surface area contributed by atoms with E-state index in [0.717, 1.165) is 51.9 Å². The molecule has 0 spiro atoms. The fourth-order valence-electron chi connectivity index (χ4n) is 5.03. The number of fused-ring (bicyclic) bond motifs is 1. The first kappa shape index (κ1) is 22.5. The summed E-state index contributed by atoms with van der Waals surface area (Å²) in [6.45, 7) is 4.05. The van der Waals surface area contributed by atoms with Crippen molar-refractivity contribution in [1.82, 2.24) is 15.1 Å². The van der Waals surface area contributed by atoms with Crippen LogP contribution in [0.1, 0.15) is 42.5 Å². The molecule has 3 heterocycles. The number of rotatable bonds is 7. The summed E-state index contributed by atoms with van der Waals surface area (Å²) >= 11 is 0. The first-order valence-electron chi connectivity index (χ1n) is 11.5. The van der Waals surface area contributed by atoms with Crippen molar-refractivity contribution in [2.75, 3.05) is 32.7 Å². The number of amides is 1. The summed E-state index contributed by atoms with van der Waals surface area (Å²) in [5, 5.41) is 15.6. The highest BCUT2D eigenvalue weighted by atomic mass is 19.1. The number of ketones is 1. The lowest BCUT2D eigenvalue weighted by Crippen LogP contribution is -2.45. The van der Waals surface area contributed by atoms with E-state index in [1.165, 1.54) is 12.1 Å². The quantitative estimate of drug-likeness (QED) is 0.294. The number of benzene rings is 1. The molecule has 1 aromatic carbocycles. The van der Waals surface area contributed by atoms with E-state index in [4.69, 9.17) is 0 Å². The van der Waals surface area contributed by atoms with Crippen LogP contribution in [0, 0.1) is 17.7 Å². The Labute approximate surface area is 187 Å². The Kier molecular flexibility index (Phi) is 7.19. The highest BCUT2D eigenvalue weighted by molar-refractivity contribution is 5.98. The summed E-state index contributed by atoms with van der Waals surface area (Å²) in [7, 11) is 0.